The minimum Gasteiger partial charge on any atom is -0.397 e. The Hall–Kier alpha value is -3.25. The van der Waals surface area contributed by atoms with Gasteiger partial charge in [-0.2, -0.15) is 0 Å². The van der Waals surface area contributed by atoms with Crippen molar-refractivity contribution in [2.45, 2.75) is 5.91 Å². The maximum Gasteiger partial charge on any atom is 0.269 e. The minimum atomic E-state index is -3.78. The fourth-order valence-corrected chi connectivity index (χ4v) is 5.94. The molecule has 0 aliphatic rings. The molecule has 3 aromatic carbocycles. The molecule has 168 valence electrons. The molecule has 0 fully saturated rings. The lowest BCUT2D eigenvalue weighted by Crippen LogP contribution is -2.14. The molecule has 1 aromatic heterocycles. The van der Waals surface area contributed by atoms with E-state index < -0.39 is 13.3 Å². The molecule has 2 atom stereocenters. The standard InChI is InChI=1S/C25H22FN2O3PS/c1-31-32(30,20-6-3-2-4-7-20)24(26)17-9-11-18(12-10-17)25(29)28-22-16-19(13-14-21(22)27)23-8-5-15-33-23/h2-16,24H,27H2,1H3,(H,28,29). The van der Waals surface area contributed by atoms with Crippen molar-refractivity contribution in [3.63, 3.8) is 0 Å². The number of nitrogens with one attached hydrogen (secondary N) is 1. The zero-order valence-electron chi connectivity index (χ0n) is 17.8. The van der Waals surface area contributed by atoms with E-state index in [1.165, 1.54) is 31.4 Å². The second kappa shape index (κ2) is 9.71. The number of benzene rings is 3. The molecule has 2 unspecified atom stereocenters. The van der Waals surface area contributed by atoms with Gasteiger partial charge in [-0.1, -0.05) is 42.5 Å². The summed E-state index contributed by atoms with van der Waals surface area (Å²) in [5.41, 5.74) is 8.41. The van der Waals surface area contributed by atoms with E-state index in [-0.39, 0.29) is 11.5 Å². The number of halogens is 1. The fourth-order valence-electron chi connectivity index (χ4n) is 3.41. The quantitative estimate of drug-likeness (QED) is 0.235. The van der Waals surface area contributed by atoms with Gasteiger partial charge in [-0.15, -0.1) is 11.3 Å². The average Bonchev–Trinajstić information content (AvgIpc) is 3.40. The Morgan fingerprint density at radius 3 is 2.39 bits per heavy atom. The summed E-state index contributed by atoms with van der Waals surface area (Å²) in [5.74, 6) is -2.25. The second-order valence-electron chi connectivity index (χ2n) is 7.31. The molecule has 4 rings (SSSR count). The van der Waals surface area contributed by atoms with Crippen LogP contribution < -0.4 is 16.4 Å². The lowest BCUT2D eigenvalue weighted by atomic mass is 10.1. The van der Waals surface area contributed by atoms with Gasteiger partial charge in [0.1, 0.15) is 0 Å². The zero-order chi connectivity index (χ0) is 23.4. The van der Waals surface area contributed by atoms with Crippen LogP contribution >= 0.6 is 18.7 Å². The van der Waals surface area contributed by atoms with E-state index in [2.05, 4.69) is 5.32 Å². The predicted molar refractivity (Wildman–Crippen MR) is 133 cm³/mol. The number of hydrogen-bond acceptors (Lipinski definition) is 5. The zero-order valence-corrected chi connectivity index (χ0v) is 19.5. The minimum absolute atomic E-state index is 0.166. The van der Waals surface area contributed by atoms with Crippen LogP contribution in [0, 0.1) is 0 Å². The highest BCUT2D eigenvalue weighted by atomic mass is 32.1. The van der Waals surface area contributed by atoms with Gasteiger partial charge >= 0.3 is 0 Å². The average molecular weight is 481 g/mol. The Morgan fingerprint density at radius 2 is 1.76 bits per heavy atom. The van der Waals surface area contributed by atoms with Crippen molar-refractivity contribution in [2.75, 3.05) is 18.2 Å². The third kappa shape index (κ3) is 4.76. The van der Waals surface area contributed by atoms with Gasteiger partial charge in [-0.25, -0.2) is 4.39 Å². The molecule has 3 N–H and O–H groups in total. The Kier molecular flexibility index (Phi) is 6.75. The van der Waals surface area contributed by atoms with Gasteiger partial charge in [-0.3, -0.25) is 9.36 Å². The molecule has 5 nitrogen and oxygen atoms in total. The lowest BCUT2D eigenvalue weighted by molar-refractivity contribution is 0.102. The number of rotatable bonds is 7. The van der Waals surface area contributed by atoms with Crippen molar-refractivity contribution in [2.24, 2.45) is 0 Å². The highest BCUT2D eigenvalue weighted by molar-refractivity contribution is 7.67. The second-order valence-corrected chi connectivity index (χ2v) is 10.8. The summed E-state index contributed by atoms with van der Waals surface area (Å²) in [6.07, 6.45) is 0. The summed E-state index contributed by atoms with van der Waals surface area (Å²) in [5, 5.41) is 5.08. The van der Waals surface area contributed by atoms with Crippen LogP contribution in [0.4, 0.5) is 15.8 Å². The molecular formula is C25H22FN2O3PS. The molecule has 0 spiro atoms. The van der Waals surface area contributed by atoms with Crippen LogP contribution in [-0.2, 0) is 9.09 Å². The van der Waals surface area contributed by atoms with Crippen LogP contribution in [-0.4, -0.2) is 13.0 Å². The molecule has 0 saturated heterocycles. The van der Waals surface area contributed by atoms with E-state index in [0.717, 1.165) is 10.4 Å². The molecule has 0 aliphatic carbocycles. The Morgan fingerprint density at radius 1 is 1.03 bits per heavy atom. The Labute approximate surface area is 195 Å². The number of nitrogens with two attached hydrogens (primary N) is 1. The number of alkyl halides is 1. The van der Waals surface area contributed by atoms with E-state index in [4.69, 9.17) is 10.3 Å². The van der Waals surface area contributed by atoms with Gasteiger partial charge in [-0.05, 0) is 59.0 Å². The predicted octanol–water partition coefficient (Wildman–Crippen LogP) is 6.47. The first-order chi connectivity index (χ1) is 15.9. The highest BCUT2D eigenvalue weighted by Crippen LogP contribution is 2.59. The molecular weight excluding hydrogens is 458 g/mol. The van der Waals surface area contributed by atoms with Gasteiger partial charge in [0.15, 0.2) is 0 Å². The van der Waals surface area contributed by atoms with E-state index in [9.17, 15) is 9.36 Å². The Balaban J connectivity index is 1.53. The topological polar surface area (TPSA) is 81.4 Å². The fraction of sp³-hybridized carbons (Fsp3) is 0.0800. The van der Waals surface area contributed by atoms with Crippen LogP contribution in [0.5, 0.6) is 0 Å². The molecule has 0 radical (unpaired) electrons. The Bertz CT molecular complexity index is 1300. The summed E-state index contributed by atoms with van der Waals surface area (Å²) in [6.45, 7) is 0. The number of amides is 1. The molecule has 1 amide bonds. The van der Waals surface area contributed by atoms with E-state index >= 15 is 4.39 Å². The molecule has 0 aliphatic heterocycles. The monoisotopic (exact) mass is 480 g/mol. The summed E-state index contributed by atoms with van der Waals surface area (Å²) in [7, 11) is -2.54. The van der Waals surface area contributed by atoms with Crippen molar-refractivity contribution in [3.8, 4) is 10.4 Å². The van der Waals surface area contributed by atoms with Gasteiger partial charge in [0, 0.05) is 22.9 Å². The summed E-state index contributed by atoms with van der Waals surface area (Å²) in [6, 6.07) is 23.5. The molecule has 4 aromatic rings. The number of thiophene rings is 1. The van der Waals surface area contributed by atoms with Crippen molar-refractivity contribution in [1.82, 2.24) is 0 Å². The first-order valence-corrected chi connectivity index (χ1v) is 12.7. The van der Waals surface area contributed by atoms with Gasteiger partial charge < -0.3 is 15.6 Å². The molecule has 1 heterocycles. The SMILES string of the molecule is COP(=O)(c1ccccc1)C(F)c1ccc(C(=O)Nc2cc(-c3cccs3)ccc2N)cc1. The van der Waals surface area contributed by atoms with Crippen LogP contribution in [0.1, 0.15) is 21.8 Å². The smallest absolute Gasteiger partial charge is 0.269 e. The number of nitrogen functional groups attached to an aromatic ring is 1. The van der Waals surface area contributed by atoms with E-state index in [1.807, 2.05) is 29.6 Å². The molecule has 0 saturated carbocycles. The van der Waals surface area contributed by atoms with Crippen molar-refractivity contribution in [3.05, 3.63) is 101 Å². The third-order valence-electron chi connectivity index (χ3n) is 5.24. The maximum absolute atomic E-state index is 15.3. The van der Waals surface area contributed by atoms with Crippen molar-refractivity contribution in [1.29, 1.82) is 0 Å². The maximum atomic E-state index is 15.3. The summed E-state index contributed by atoms with van der Waals surface area (Å²) in [4.78, 5) is 13.8. The third-order valence-corrected chi connectivity index (χ3v) is 8.62. The van der Waals surface area contributed by atoms with E-state index in [1.54, 1.807) is 47.7 Å². The number of hydrogen-bond donors (Lipinski definition) is 2. The van der Waals surface area contributed by atoms with Gasteiger partial charge in [0.25, 0.3) is 13.3 Å². The number of carbonyl (C=O) groups is 1. The largest absolute Gasteiger partial charge is 0.397 e. The highest BCUT2D eigenvalue weighted by Gasteiger charge is 2.36. The summed E-state index contributed by atoms with van der Waals surface area (Å²) < 4.78 is 33.6. The first-order valence-electron chi connectivity index (χ1n) is 10.1. The first kappa shape index (κ1) is 22.9. The normalized spacial score (nSPS) is 13.8. The lowest BCUT2D eigenvalue weighted by Gasteiger charge is -2.21. The molecule has 8 heteroatoms. The van der Waals surface area contributed by atoms with Crippen LogP contribution in [0.25, 0.3) is 10.4 Å². The number of anilines is 2. The van der Waals surface area contributed by atoms with E-state index in [0.29, 0.717) is 22.2 Å². The van der Waals surface area contributed by atoms with Crippen molar-refractivity contribution < 1.29 is 18.3 Å². The van der Waals surface area contributed by atoms with Crippen molar-refractivity contribution >= 4 is 41.3 Å². The number of carbonyl (C=O) groups excluding carboxylic acids is 1. The summed E-state index contributed by atoms with van der Waals surface area (Å²) >= 11 is 1.59. The van der Waals surface area contributed by atoms with Gasteiger partial charge in [0.2, 0.25) is 5.91 Å². The molecule has 0 bridgehead atoms. The van der Waals surface area contributed by atoms with Gasteiger partial charge in [0.05, 0.1) is 11.4 Å². The van der Waals surface area contributed by atoms with Crippen LogP contribution in [0.2, 0.25) is 0 Å². The van der Waals surface area contributed by atoms with Crippen LogP contribution in [0.15, 0.2) is 90.3 Å². The van der Waals surface area contributed by atoms with Crippen LogP contribution in [0.3, 0.4) is 0 Å². The molecule has 33 heavy (non-hydrogen) atoms.